The lowest BCUT2D eigenvalue weighted by Crippen LogP contribution is -2.52. The molecule has 3 unspecified atom stereocenters. The third-order valence-electron chi connectivity index (χ3n) is 2.71. The highest BCUT2D eigenvalue weighted by molar-refractivity contribution is 5.91. The van der Waals surface area contributed by atoms with E-state index in [1.165, 1.54) is 6.08 Å². The highest BCUT2D eigenvalue weighted by Gasteiger charge is 2.43. The van der Waals surface area contributed by atoms with Crippen molar-refractivity contribution >= 4 is 17.8 Å². The van der Waals surface area contributed by atoms with Gasteiger partial charge >= 0.3 is 11.9 Å². The number of aliphatic hydroxyl groups is 1. The predicted molar refractivity (Wildman–Crippen MR) is 55.1 cm³/mol. The van der Waals surface area contributed by atoms with Crippen LogP contribution in [0.3, 0.4) is 0 Å². The molecule has 3 N–H and O–H groups in total. The van der Waals surface area contributed by atoms with Crippen molar-refractivity contribution in [2.24, 2.45) is 5.92 Å². The number of carboxylic acids is 2. The first-order valence-corrected chi connectivity index (χ1v) is 4.97. The SMILES string of the molecule is C=CC1CCN(C(C(=O)O)C(O)C(=O)O)C1=O. The van der Waals surface area contributed by atoms with Gasteiger partial charge < -0.3 is 20.2 Å². The van der Waals surface area contributed by atoms with E-state index in [0.29, 0.717) is 6.42 Å². The van der Waals surface area contributed by atoms with Gasteiger partial charge in [0.05, 0.1) is 5.92 Å². The van der Waals surface area contributed by atoms with Crippen LogP contribution in [0.2, 0.25) is 0 Å². The third-order valence-corrected chi connectivity index (χ3v) is 2.71. The number of aliphatic hydroxyl groups excluding tert-OH is 1. The Kier molecular flexibility index (Phi) is 3.84. The molecule has 0 aromatic rings. The summed E-state index contributed by atoms with van der Waals surface area (Å²) in [6, 6.07) is -1.76. The first-order valence-electron chi connectivity index (χ1n) is 4.97. The van der Waals surface area contributed by atoms with Crippen molar-refractivity contribution in [3.8, 4) is 0 Å². The molecule has 3 atom stereocenters. The van der Waals surface area contributed by atoms with E-state index in [9.17, 15) is 19.5 Å². The van der Waals surface area contributed by atoms with E-state index in [4.69, 9.17) is 10.2 Å². The van der Waals surface area contributed by atoms with Gasteiger partial charge in [0.15, 0.2) is 12.1 Å². The smallest absolute Gasteiger partial charge is 0.335 e. The number of carbonyl (C=O) groups excluding carboxylic acids is 1. The molecule has 0 aliphatic carbocycles. The molecule has 7 heteroatoms. The minimum Gasteiger partial charge on any atom is -0.480 e. The van der Waals surface area contributed by atoms with Gasteiger partial charge in [0, 0.05) is 6.54 Å². The van der Waals surface area contributed by atoms with Crippen LogP contribution >= 0.6 is 0 Å². The van der Waals surface area contributed by atoms with Crippen molar-refractivity contribution in [3.05, 3.63) is 12.7 Å². The molecule has 1 amide bonds. The molecule has 7 nitrogen and oxygen atoms in total. The van der Waals surface area contributed by atoms with Crippen molar-refractivity contribution in [1.29, 1.82) is 0 Å². The van der Waals surface area contributed by atoms with Crippen molar-refractivity contribution < 1.29 is 29.7 Å². The molecule has 1 saturated heterocycles. The zero-order valence-electron chi connectivity index (χ0n) is 8.94. The molecule has 1 rings (SSSR count). The zero-order chi connectivity index (χ0) is 13.2. The van der Waals surface area contributed by atoms with Crippen LogP contribution in [-0.4, -0.2) is 56.8 Å². The maximum absolute atomic E-state index is 11.7. The maximum atomic E-state index is 11.7. The molecule has 0 spiro atoms. The van der Waals surface area contributed by atoms with Crippen LogP contribution in [0.25, 0.3) is 0 Å². The van der Waals surface area contributed by atoms with Crippen LogP contribution in [0.4, 0.5) is 0 Å². The highest BCUT2D eigenvalue weighted by atomic mass is 16.4. The number of carbonyl (C=O) groups is 3. The number of hydrogen-bond donors (Lipinski definition) is 3. The summed E-state index contributed by atoms with van der Waals surface area (Å²) < 4.78 is 0. The normalized spacial score (nSPS) is 23.2. The van der Waals surface area contributed by atoms with Gasteiger partial charge in [-0.15, -0.1) is 6.58 Å². The first-order chi connectivity index (χ1) is 7.90. The van der Waals surface area contributed by atoms with Crippen molar-refractivity contribution in [2.45, 2.75) is 18.6 Å². The largest absolute Gasteiger partial charge is 0.480 e. The van der Waals surface area contributed by atoms with E-state index >= 15 is 0 Å². The van der Waals surface area contributed by atoms with Crippen LogP contribution < -0.4 is 0 Å². The molecular weight excluding hydrogens is 230 g/mol. The molecule has 0 saturated carbocycles. The van der Waals surface area contributed by atoms with Crippen LogP contribution in [0.5, 0.6) is 0 Å². The van der Waals surface area contributed by atoms with Gasteiger partial charge in [-0.3, -0.25) is 4.79 Å². The maximum Gasteiger partial charge on any atom is 0.335 e. The second-order valence-electron chi connectivity index (χ2n) is 3.73. The van der Waals surface area contributed by atoms with Gasteiger partial charge in [0.1, 0.15) is 0 Å². The van der Waals surface area contributed by atoms with Crippen LogP contribution in [-0.2, 0) is 14.4 Å². The molecule has 0 bridgehead atoms. The third kappa shape index (κ3) is 2.44. The summed E-state index contributed by atoms with van der Waals surface area (Å²) in [4.78, 5) is 34.1. The second-order valence-corrected chi connectivity index (χ2v) is 3.73. The number of likely N-dealkylation sites (tertiary alicyclic amines) is 1. The molecular formula is C10H13NO6. The van der Waals surface area contributed by atoms with Gasteiger partial charge in [-0.2, -0.15) is 0 Å². The monoisotopic (exact) mass is 243 g/mol. The molecule has 0 radical (unpaired) electrons. The summed E-state index contributed by atoms with van der Waals surface area (Å²) in [6.07, 6.45) is -0.382. The number of carboxylic acid groups (broad SMARTS) is 2. The molecule has 1 aliphatic heterocycles. The summed E-state index contributed by atoms with van der Waals surface area (Å²) in [5.41, 5.74) is 0. The molecule has 1 fully saturated rings. The Balaban J connectivity index is 2.94. The topological polar surface area (TPSA) is 115 Å². The van der Waals surface area contributed by atoms with Gasteiger partial charge in [-0.1, -0.05) is 6.08 Å². The average Bonchev–Trinajstić information content (AvgIpc) is 2.60. The summed E-state index contributed by atoms with van der Waals surface area (Å²) in [5, 5.41) is 26.8. The number of aliphatic carboxylic acids is 2. The molecule has 0 aromatic carbocycles. The summed E-state index contributed by atoms with van der Waals surface area (Å²) >= 11 is 0. The van der Waals surface area contributed by atoms with Crippen LogP contribution in [0, 0.1) is 5.92 Å². The fraction of sp³-hybridized carbons (Fsp3) is 0.500. The molecule has 1 heterocycles. The molecule has 1 aliphatic rings. The standard InChI is InChI=1S/C10H13NO6/c1-2-5-3-4-11(8(5)13)6(9(14)15)7(12)10(16)17/h2,5-7,12H,1,3-4H2,(H,14,15)(H,16,17). The van der Waals surface area contributed by atoms with E-state index < -0.39 is 35.9 Å². The van der Waals surface area contributed by atoms with Crippen molar-refractivity contribution in [3.63, 3.8) is 0 Å². The second kappa shape index (κ2) is 4.96. The minimum absolute atomic E-state index is 0.0941. The van der Waals surface area contributed by atoms with Crippen molar-refractivity contribution in [1.82, 2.24) is 4.90 Å². The minimum atomic E-state index is -2.14. The molecule has 0 aromatic heterocycles. The summed E-state index contributed by atoms with van der Waals surface area (Å²) in [6.45, 7) is 3.53. The fourth-order valence-electron chi connectivity index (χ4n) is 1.79. The van der Waals surface area contributed by atoms with E-state index in [2.05, 4.69) is 6.58 Å². The van der Waals surface area contributed by atoms with Gasteiger partial charge in [-0.05, 0) is 6.42 Å². The van der Waals surface area contributed by atoms with Gasteiger partial charge in [0.25, 0.3) is 0 Å². The summed E-state index contributed by atoms with van der Waals surface area (Å²) in [5.74, 6) is -4.25. The lowest BCUT2D eigenvalue weighted by Gasteiger charge is -2.26. The Bertz CT molecular complexity index is 366. The van der Waals surface area contributed by atoms with E-state index in [0.717, 1.165) is 4.90 Å². The Labute approximate surface area is 97.0 Å². The number of nitrogens with zero attached hydrogens (tertiary/aromatic N) is 1. The van der Waals surface area contributed by atoms with E-state index in [1.54, 1.807) is 0 Å². The number of hydrogen-bond acceptors (Lipinski definition) is 4. The van der Waals surface area contributed by atoms with Crippen LogP contribution in [0.15, 0.2) is 12.7 Å². The Morgan fingerprint density at radius 1 is 1.41 bits per heavy atom. The molecule has 94 valence electrons. The van der Waals surface area contributed by atoms with E-state index in [-0.39, 0.29) is 6.54 Å². The predicted octanol–water partition coefficient (Wildman–Crippen LogP) is -1.08. The van der Waals surface area contributed by atoms with E-state index in [1.807, 2.05) is 0 Å². The van der Waals surface area contributed by atoms with Crippen molar-refractivity contribution in [2.75, 3.05) is 6.54 Å². The average molecular weight is 243 g/mol. The lowest BCUT2D eigenvalue weighted by molar-refractivity contribution is -0.163. The highest BCUT2D eigenvalue weighted by Crippen LogP contribution is 2.22. The summed E-state index contributed by atoms with van der Waals surface area (Å²) in [7, 11) is 0. The number of amides is 1. The van der Waals surface area contributed by atoms with Crippen LogP contribution in [0.1, 0.15) is 6.42 Å². The first kappa shape index (κ1) is 13.2. The molecule has 17 heavy (non-hydrogen) atoms. The Morgan fingerprint density at radius 3 is 2.35 bits per heavy atom. The fourth-order valence-corrected chi connectivity index (χ4v) is 1.79. The Hall–Kier alpha value is -1.89. The quantitative estimate of drug-likeness (QED) is 0.529. The number of rotatable bonds is 5. The zero-order valence-corrected chi connectivity index (χ0v) is 8.94. The Morgan fingerprint density at radius 2 is 2.00 bits per heavy atom. The van der Waals surface area contributed by atoms with Gasteiger partial charge in [-0.25, -0.2) is 9.59 Å². The lowest BCUT2D eigenvalue weighted by atomic mass is 10.1. The van der Waals surface area contributed by atoms with Gasteiger partial charge in [0.2, 0.25) is 5.91 Å².